The summed E-state index contributed by atoms with van der Waals surface area (Å²) in [5.74, 6) is 0.685. The summed E-state index contributed by atoms with van der Waals surface area (Å²) < 4.78 is 4.86. The summed E-state index contributed by atoms with van der Waals surface area (Å²) in [5.41, 5.74) is 1.35. The molecule has 0 aromatic heterocycles. The molecule has 0 bridgehead atoms. The first-order valence-electron chi connectivity index (χ1n) is 3.77. The second-order valence-corrected chi connectivity index (χ2v) is 2.40. The molecule has 11 heavy (non-hydrogen) atoms. The zero-order valence-electron chi connectivity index (χ0n) is 7.55. The van der Waals surface area contributed by atoms with Crippen LogP contribution in [0.2, 0.25) is 0 Å². The van der Waals surface area contributed by atoms with E-state index in [1.165, 1.54) is 5.57 Å². The van der Waals surface area contributed by atoms with Gasteiger partial charge in [-0.25, -0.2) is 0 Å². The van der Waals surface area contributed by atoms with E-state index in [-0.39, 0.29) is 0 Å². The van der Waals surface area contributed by atoms with E-state index >= 15 is 0 Å². The fourth-order valence-corrected chi connectivity index (χ4v) is 0.506. The molecule has 0 rings (SSSR count). The summed E-state index contributed by atoms with van der Waals surface area (Å²) in [6.07, 6.45) is 6.94. The van der Waals surface area contributed by atoms with E-state index in [4.69, 9.17) is 4.74 Å². The number of ether oxygens (including phenoxy) is 1. The molecule has 0 aliphatic carbocycles. The highest BCUT2D eigenvalue weighted by Gasteiger charge is 1.80. The third-order valence-corrected chi connectivity index (χ3v) is 1.48. The lowest BCUT2D eigenvalue weighted by atomic mass is 10.2. The molecule has 0 saturated heterocycles. The number of rotatable bonds is 4. The van der Waals surface area contributed by atoms with Crippen LogP contribution in [-0.4, -0.2) is 7.11 Å². The molecular formula is C10H16O. The van der Waals surface area contributed by atoms with E-state index in [1.807, 2.05) is 12.2 Å². The van der Waals surface area contributed by atoms with Crippen LogP contribution < -0.4 is 0 Å². The summed E-state index contributed by atoms with van der Waals surface area (Å²) in [5, 5.41) is 0. The second-order valence-electron chi connectivity index (χ2n) is 2.40. The van der Waals surface area contributed by atoms with E-state index in [0.717, 1.165) is 6.42 Å². The van der Waals surface area contributed by atoms with Crippen LogP contribution in [0.25, 0.3) is 0 Å². The molecular weight excluding hydrogens is 136 g/mol. The van der Waals surface area contributed by atoms with Gasteiger partial charge in [0.15, 0.2) is 0 Å². The van der Waals surface area contributed by atoms with E-state index in [2.05, 4.69) is 26.5 Å². The van der Waals surface area contributed by atoms with Crippen molar-refractivity contribution in [2.75, 3.05) is 7.11 Å². The van der Waals surface area contributed by atoms with Gasteiger partial charge in [0, 0.05) is 0 Å². The minimum Gasteiger partial charge on any atom is -0.497 e. The van der Waals surface area contributed by atoms with E-state index < -0.39 is 0 Å². The molecule has 0 amide bonds. The largest absolute Gasteiger partial charge is 0.497 e. The van der Waals surface area contributed by atoms with Gasteiger partial charge in [-0.2, -0.15) is 0 Å². The van der Waals surface area contributed by atoms with Gasteiger partial charge < -0.3 is 4.74 Å². The van der Waals surface area contributed by atoms with Crippen molar-refractivity contribution in [3.8, 4) is 0 Å². The molecule has 0 aliphatic heterocycles. The van der Waals surface area contributed by atoms with Crippen LogP contribution in [-0.2, 0) is 4.74 Å². The SMILES string of the molecule is C=C(/C=C\C=C(\C)CC)OC. The molecule has 62 valence electrons. The molecule has 0 heterocycles. The van der Waals surface area contributed by atoms with Crippen LogP contribution in [0.3, 0.4) is 0 Å². The van der Waals surface area contributed by atoms with E-state index in [0.29, 0.717) is 5.76 Å². The van der Waals surface area contributed by atoms with Gasteiger partial charge in [0.25, 0.3) is 0 Å². The van der Waals surface area contributed by atoms with Crippen LogP contribution in [0.5, 0.6) is 0 Å². The Morgan fingerprint density at radius 2 is 2.18 bits per heavy atom. The van der Waals surface area contributed by atoms with Gasteiger partial charge in [-0.1, -0.05) is 31.2 Å². The Morgan fingerprint density at radius 1 is 1.55 bits per heavy atom. The van der Waals surface area contributed by atoms with Crippen molar-refractivity contribution in [2.24, 2.45) is 0 Å². The van der Waals surface area contributed by atoms with Crippen LogP contribution >= 0.6 is 0 Å². The van der Waals surface area contributed by atoms with Crippen LogP contribution in [0.1, 0.15) is 20.3 Å². The third kappa shape index (κ3) is 5.46. The zero-order valence-corrected chi connectivity index (χ0v) is 7.55. The van der Waals surface area contributed by atoms with Crippen molar-refractivity contribution in [1.29, 1.82) is 0 Å². The van der Waals surface area contributed by atoms with Crippen molar-refractivity contribution in [2.45, 2.75) is 20.3 Å². The fourth-order valence-electron chi connectivity index (χ4n) is 0.506. The average molecular weight is 152 g/mol. The molecule has 0 aromatic rings. The highest BCUT2D eigenvalue weighted by molar-refractivity contribution is 5.17. The molecule has 0 saturated carbocycles. The van der Waals surface area contributed by atoms with Crippen LogP contribution in [0, 0.1) is 0 Å². The predicted octanol–water partition coefficient (Wildman–Crippen LogP) is 3.06. The lowest BCUT2D eigenvalue weighted by Gasteiger charge is -1.94. The first-order chi connectivity index (χ1) is 5.20. The topological polar surface area (TPSA) is 9.23 Å². The van der Waals surface area contributed by atoms with Crippen LogP contribution in [0.15, 0.2) is 36.1 Å². The minimum absolute atomic E-state index is 0.685. The Kier molecular flexibility index (Phi) is 5.26. The number of hydrogen-bond donors (Lipinski definition) is 0. The Bertz CT molecular complexity index is 175. The van der Waals surface area contributed by atoms with Gasteiger partial charge >= 0.3 is 0 Å². The lowest BCUT2D eigenvalue weighted by Crippen LogP contribution is -1.76. The highest BCUT2D eigenvalue weighted by atomic mass is 16.5. The number of allylic oxidation sites excluding steroid dienone is 4. The summed E-state index contributed by atoms with van der Waals surface area (Å²) in [6.45, 7) is 7.88. The Balaban J connectivity index is 3.85. The Labute approximate surface area is 69.1 Å². The van der Waals surface area contributed by atoms with Gasteiger partial charge in [0.1, 0.15) is 5.76 Å². The van der Waals surface area contributed by atoms with E-state index in [9.17, 15) is 0 Å². The molecule has 0 spiro atoms. The smallest absolute Gasteiger partial charge is 0.111 e. The predicted molar refractivity (Wildman–Crippen MR) is 49.3 cm³/mol. The molecule has 0 unspecified atom stereocenters. The molecule has 0 aromatic carbocycles. The van der Waals surface area contributed by atoms with Crippen molar-refractivity contribution in [3.05, 3.63) is 36.1 Å². The highest BCUT2D eigenvalue weighted by Crippen LogP contribution is 1.99. The van der Waals surface area contributed by atoms with Gasteiger partial charge in [0.05, 0.1) is 7.11 Å². The summed E-state index contributed by atoms with van der Waals surface area (Å²) in [6, 6.07) is 0. The van der Waals surface area contributed by atoms with Crippen molar-refractivity contribution in [1.82, 2.24) is 0 Å². The lowest BCUT2D eigenvalue weighted by molar-refractivity contribution is 0.309. The first kappa shape index (κ1) is 10.0. The zero-order chi connectivity index (χ0) is 8.69. The maximum atomic E-state index is 4.86. The van der Waals surface area contributed by atoms with Gasteiger partial charge in [0.2, 0.25) is 0 Å². The fraction of sp³-hybridized carbons (Fsp3) is 0.400. The summed E-state index contributed by atoms with van der Waals surface area (Å²) >= 11 is 0. The third-order valence-electron chi connectivity index (χ3n) is 1.48. The average Bonchev–Trinajstić information content (AvgIpc) is 2.04. The van der Waals surface area contributed by atoms with Crippen LogP contribution in [0.4, 0.5) is 0 Å². The van der Waals surface area contributed by atoms with Gasteiger partial charge in [-0.15, -0.1) is 0 Å². The molecule has 0 N–H and O–H groups in total. The van der Waals surface area contributed by atoms with Gasteiger partial charge in [-0.05, 0) is 19.4 Å². The maximum absolute atomic E-state index is 4.86. The Hall–Kier alpha value is -0.980. The summed E-state index contributed by atoms with van der Waals surface area (Å²) in [7, 11) is 1.61. The monoisotopic (exact) mass is 152 g/mol. The van der Waals surface area contributed by atoms with Crippen molar-refractivity contribution < 1.29 is 4.74 Å². The molecule has 0 radical (unpaired) electrons. The minimum atomic E-state index is 0.685. The first-order valence-corrected chi connectivity index (χ1v) is 3.77. The molecule has 0 fully saturated rings. The van der Waals surface area contributed by atoms with Gasteiger partial charge in [-0.3, -0.25) is 0 Å². The normalized spacial score (nSPS) is 12.1. The quantitative estimate of drug-likeness (QED) is 0.444. The molecule has 0 aliphatic rings. The Morgan fingerprint density at radius 3 is 2.64 bits per heavy atom. The molecule has 0 atom stereocenters. The standard InChI is InChI=1S/C10H16O/c1-5-9(2)7-6-8-10(3)11-4/h6-8H,3,5H2,1-2,4H3/b8-6-,9-7-. The number of methoxy groups -OCH3 is 1. The molecule has 1 heteroatoms. The molecule has 1 nitrogen and oxygen atoms in total. The van der Waals surface area contributed by atoms with E-state index in [1.54, 1.807) is 7.11 Å². The summed E-state index contributed by atoms with van der Waals surface area (Å²) in [4.78, 5) is 0. The van der Waals surface area contributed by atoms with Crippen molar-refractivity contribution >= 4 is 0 Å². The number of hydrogen-bond acceptors (Lipinski definition) is 1. The maximum Gasteiger partial charge on any atom is 0.111 e. The van der Waals surface area contributed by atoms with Crippen molar-refractivity contribution in [3.63, 3.8) is 0 Å². The second kappa shape index (κ2) is 5.78.